The first-order chi connectivity index (χ1) is 11.8. The number of carbonyl (C=O) groups excluding carboxylic acids is 1. The van der Waals surface area contributed by atoms with E-state index in [9.17, 15) is 4.79 Å². The van der Waals surface area contributed by atoms with Gasteiger partial charge < -0.3 is 0 Å². The molecule has 4 rings (SSSR count). The van der Waals surface area contributed by atoms with Crippen LogP contribution in [-0.4, -0.2) is 10.9 Å². The van der Waals surface area contributed by atoms with Crippen molar-refractivity contribution in [2.24, 2.45) is 0 Å². The van der Waals surface area contributed by atoms with Gasteiger partial charge in [-0.05, 0) is 46.7 Å². The van der Waals surface area contributed by atoms with Gasteiger partial charge in [-0.25, -0.2) is 4.98 Å². The Morgan fingerprint density at radius 2 is 1.79 bits per heavy atom. The molecule has 0 fully saturated rings. The van der Waals surface area contributed by atoms with Crippen LogP contribution in [-0.2, 0) is 11.2 Å². The number of carbonyl (C=O) groups is 1. The minimum Gasteiger partial charge on any atom is -0.274 e. The number of amides is 1. The summed E-state index contributed by atoms with van der Waals surface area (Å²) in [7, 11) is 0. The Balaban J connectivity index is 1.76. The Hall–Kier alpha value is -2.50. The van der Waals surface area contributed by atoms with E-state index >= 15 is 0 Å². The molecule has 4 aromatic rings. The third kappa shape index (κ3) is 2.96. The Labute approximate surface area is 147 Å². The van der Waals surface area contributed by atoms with Gasteiger partial charge in [-0.15, -0.1) is 0 Å². The van der Waals surface area contributed by atoms with Crippen molar-refractivity contribution in [2.75, 3.05) is 4.90 Å². The third-order valence-electron chi connectivity index (χ3n) is 3.67. The standard InChI is InChI=1S/C19H14N2OS2/c22-18(12-14-10-11-23-13-14)21(15-6-2-1-3-7-15)19-20-16-8-4-5-9-17(16)24-19/h1-11,13H,12H2. The first-order valence-electron chi connectivity index (χ1n) is 7.56. The molecule has 2 heterocycles. The van der Waals surface area contributed by atoms with Crippen LogP contribution in [0.25, 0.3) is 10.2 Å². The van der Waals surface area contributed by atoms with E-state index in [-0.39, 0.29) is 5.91 Å². The van der Waals surface area contributed by atoms with Gasteiger partial charge in [-0.1, -0.05) is 41.7 Å². The Bertz CT molecular complexity index is 928. The summed E-state index contributed by atoms with van der Waals surface area (Å²) in [5.74, 6) is 0.0265. The van der Waals surface area contributed by atoms with Crippen LogP contribution in [0, 0.1) is 0 Å². The van der Waals surface area contributed by atoms with Gasteiger partial charge in [0.1, 0.15) is 0 Å². The second kappa shape index (κ2) is 6.55. The van der Waals surface area contributed by atoms with E-state index in [1.54, 1.807) is 16.2 Å². The fourth-order valence-electron chi connectivity index (χ4n) is 2.54. The predicted octanol–water partition coefficient (Wildman–Crippen LogP) is 5.27. The fraction of sp³-hybridized carbons (Fsp3) is 0.0526. The van der Waals surface area contributed by atoms with Crippen molar-refractivity contribution in [3.63, 3.8) is 0 Å². The molecule has 0 aliphatic rings. The molecule has 0 saturated heterocycles. The summed E-state index contributed by atoms with van der Waals surface area (Å²) < 4.78 is 1.08. The van der Waals surface area contributed by atoms with Crippen molar-refractivity contribution in [1.82, 2.24) is 4.98 Å². The number of nitrogens with zero attached hydrogens (tertiary/aromatic N) is 2. The van der Waals surface area contributed by atoms with Crippen LogP contribution in [0.15, 0.2) is 71.4 Å². The molecule has 0 bridgehead atoms. The highest BCUT2D eigenvalue weighted by Gasteiger charge is 2.21. The smallest absolute Gasteiger partial charge is 0.237 e. The molecule has 0 unspecified atom stereocenters. The van der Waals surface area contributed by atoms with E-state index in [1.165, 1.54) is 11.3 Å². The number of rotatable bonds is 4. The number of fused-ring (bicyclic) bond motifs is 1. The minimum atomic E-state index is 0.0265. The van der Waals surface area contributed by atoms with Gasteiger partial charge in [0.05, 0.1) is 22.3 Å². The summed E-state index contributed by atoms with van der Waals surface area (Å²) in [6, 6.07) is 19.7. The Morgan fingerprint density at radius 3 is 2.54 bits per heavy atom. The molecule has 5 heteroatoms. The highest BCUT2D eigenvalue weighted by atomic mass is 32.1. The lowest BCUT2D eigenvalue weighted by atomic mass is 10.2. The van der Waals surface area contributed by atoms with Gasteiger partial charge in [0.2, 0.25) is 5.91 Å². The zero-order chi connectivity index (χ0) is 16.4. The summed E-state index contributed by atoms with van der Waals surface area (Å²) in [4.78, 5) is 19.4. The lowest BCUT2D eigenvalue weighted by molar-refractivity contribution is -0.117. The topological polar surface area (TPSA) is 33.2 Å². The van der Waals surface area contributed by atoms with Gasteiger partial charge in [0.15, 0.2) is 5.13 Å². The van der Waals surface area contributed by atoms with E-state index in [4.69, 9.17) is 0 Å². The Kier molecular flexibility index (Phi) is 4.11. The first-order valence-corrected chi connectivity index (χ1v) is 9.32. The maximum Gasteiger partial charge on any atom is 0.237 e. The number of para-hydroxylation sites is 2. The maximum atomic E-state index is 13.0. The van der Waals surface area contributed by atoms with Crippen LogP contribution in [0.5, 0.6) is 0 Å². The van der Waals surface area contributed by atoms with E-state index in [0.29, 0.717) is 11.6 Å². The molecule has 0 saturated carbocycles. The zero-order valence-electron chi connectivity index (χ0n) is 12.8. The monoisotopic (exact) mass is 350 g/mol. The first kappa shape index (κ1) is 15.1. The minimum absolute atomic E-state index is 0.0265. The SMILES string of the molecule is O=C(Cc1ccsc1)N(c1ccccc1)c1nc2ccccc2s1. The fourth-order valence-corrected chi connectivity index (χ4v) is 4.21. The number of aromatic nitrogens is 1. The van der Waals surface area contributed by atoms with Crippen LogP contribution in [0.2, 0.25) is 0 Å². The van der Waals surface area contributed by atoms with Crippen molar-refractivity contribution in [1.29, 1.82) is 0 Å². The van der Waals surface area contributed by atoms with Gasteiger partial charge in [-0.2, -0.15) is 11.3 Å². The average Bonchev–Trinajstić information content (AvgIpc) is 3.25. The number of anilines is 2. The molecule has 0 atom stereocenters. The molecule has 0 spiro atoms. The summed E-state index contributed by atoms with van der Waals surface area (Å²) in [6.45, 7) is 0. The predicted molar refractivity (Wildman–Crippen MR) is 101 cm³/mol. The molecule has 1 amide bonds. The molecule has 3 nitrogen and oxygen atoms in total. The van der Waals surface area contributed by atoms with Gasteiger partial charge in [0.25, 0.3) is 0 Å². The number of benzene rings is 2. The van der Waals surface area contributed by atoms with Crippen LogP contribution >= 0.6 is 22.7 Å². The second-order valence-corrected chi connectivity index (χ2v) is 7.13. The van der Waals surface area contributed by atoms with Crippen LogP contribution in [0.3, 0.4) is 0 Å². The van der Waals surface area contributed by atoms with Gasteiger partial charge >= 0.3 is 0 Å². The third-order valence-corrected chi connectivity index (χ3v) is 5.43. The molecule has 0 radical (unpaired) electrons. The van der Waals surface area contributed by atoms with E-state index in [1.807, 2.05) is 71.4 Å². The van der Waals surface area contributed by atoms with Gasteiger partial charge in [-0.3, -0.25) is 9.69 Å². The molecule has 24 heavy (non-hydrogen) atoms. The number of thiophene rings is 1. The van der Waals surface area contributed by atoms with Crippen molar-refractivity contribution < 1.29 is 4.79 Å². The number of thiazole rings is 1. The largest absolute Gasteiger partial charge is 0.274 e. The van der Waals surface area contributed by atoms with Crippen LogP contribution in [0.4, 0.5) is 10.8 Å². The van der Waals surface area contributed by atoms with Crippen LogP contribution in [0.1, 0.15) is 5.56 Å². The number of hydrogen-bond acceptors (Lipinski definition) is 4. The number of hydrogen-bond donors (Lipinski definition) is 0. The van der Waals surface area contributed by atoms with Gasteiger partial charge in [0, 0.05) is 0 Å². The molecular formula is C19H14N2OS2. The summed E-state index contributed by atoms with van der Waals surface area (Å²) in [5.41, 5.74) is 2.80. The highest BCUT2D eigenvalue weighted by molar-refractivity contribution is 7.22. The van der Waals surface area contributed by atoms with Crippen molar-refractivity contribution in [3.8, 4) is 0 Å². The van der Waals surface area contributed by atoms with E-state index < -0.39 is 0 Å². The Morgan fingerprint density at radius 1 is 1.00 bits per heavy atom. The molecule has 2 aromatic carbocycles. The lowest BCUT2D eigenvalue weighted by Crippen LogP contribution is -2.27. The quantitative estimate of drug-likeness (QED) is 0.503. The summed E-state index contributed by atoms with van der Waals surface area (Å²) in [5, 5.41) is 4.72. The molecule has 2 aromatic heterocycles. The molecule has 0 N–H and O–H groups in total. The molecule has 0 aliphatic carbocycles. The van der Waals surface area contributed by atoms with Crippen molar-refractivity contribution >= 4 is 49.6 Å². The van der Waals surface area contributed by atoms with E-state index in [0.717, 1.165) is 21.5 Å². The zero-order valence-corrected chi connectivity index (χ0v) is 14.4. The average molecular weight is 350 g/mol. The molecule has 118 valence electrons. The van der Waals surface area contributed by atoms with Crippen LogP contribution < -0.4 is 4.90 Å². The lowest BCUT2D eigenvalue weighted by Gasteiger charge is -2.19. The normalized spacial score (nSPS) is 10.8. The molecule has 0 aliphatic heterocycles. The second-order valence-electron chi connectivity index (χ2n) is 5.34. The summed E-state index contributed by atoms with van der Waals surface area (Å²) in [6.07, 6.45) is 0.369. The maximum absolute atomic E-state index is 13.0. The highest BCUT2D eigenvalue weighted by Crippen LogP contribution is 2.33. The summed E-state index contributed by atoms with van der Waals surface area (Å²) >= 11 is 3.14. The van der Waals surface area contributed by atoms with Crippen molar-refractivity contribution in [3.05, 3.63) is 77.0 Å². The molecular weight excluding hydrogens is 336 g/mol. The van der Waals surface area contributed by atoms with E-state index in [2.05, 4.69) is 4.98 Å². The van der Waals surface area contributed by atoms with Crippen molar-refractivity contribution in [2.45, 2.75) is 6.42 Å².